The highest BCUT2D eigenvalue weighted by Gasteiger charge is 1.99. The summed E-state index contributed by atoms with van der Waals surface area (Å²) in [5.74, 6) is 2.15. The van der Waals surface area contributed by atoms with Crippen LogP contribution in [0.3, 0.4) is 0 Å². The Morgan fingerprint density at radius 2 is 2.07 bits per heavy atom. The third-order valence-corrected chi connectivity index (χ3v) is 1.69. The minimum Gasteiger partial charge on any atom is -0.424 e. The van der Waals surface area contributed by atoms with E-state index in [4.69, 9.17) is 10.0 Å². The van der Waals surface area contributed by atoms with Gasteiger partial charge in [-0.3, -0.25) is 0 Å². The van der Waals surface area contributed by atoms with Crippen LogP contribution in [0, 0.1) is 0 Å². The van der Waals surface area contributed by atoms with Crippen molar-refractivity contribution >= 4 is 19.0 Å². The number of rotatable bonds is 3. The Morgan fingerprint density at radius 1 is 1.36 bits per heavy atom. The highest BCUT2D eigenvalue weighted by molar-refractivity contribution is 6.48. The van der Waals surface area contributed by atoms with E-state index in [1.165, 1.54) is 5.98 Å². The van der Waals surface area contributed by atoms with Crippen molar-refractivity contribution in [2.45, 2.75) is 0 Å². The molecule has 0 aliphatic carbocycles. The van der Waals surface area contributed by atoms with Crippen molar-refractivity contribution < 1.29 is 10.0 Å². The molecule has 2 N–H and O–H groups in total. The molecule has 0 atom stereocenters. The van der Waals surface area contributed by atoms with E-state index >= 15 is 0 Å². The van der Waals surface area contributed by atoms with Crippen LogP contribution in [0.5, 0.6) is 0 Å². The number of pyridine rings is 1. The van der Waals surface area contributed by atoms with E-state index in [0.717, 1.165) is 11.4 Å². The SMILES string of the molecule is CN(C)c1ccc(/C=C/B(O)O)cn1. The monoisotopic (exact) mass is 192 g/mol. The summed E-state index contributed by atoms with van der Waals surface area (Å²) < 4.78 is 0. The normalized spacial score (nSPS) is 10.6. The minimum absolute atomic E-state index is 0.837. The summed E-state index contributed by atoms with van der Waals surface area (Å²) in [5, 5.41) is 17.2. The molecule has 1 aromatic heterocycles. The van der Waals surface area contributed by atoms with Gasteiger partial charge in [-0.05, 0) is 17.7 Å². The van der Waals surface area contributed by atoms with Gasteiger partial charge in [-0.15, -0.1) is 0 Å². The first kappa shape index (κ1) is 10.8. The lowest BCUT2D eigenvalue weighted by atomic mass is 9.91. The highest BCUT2D eigenvalue weighted by atomic mass is 16.4. The predicted octanol–water partition coefficient (Wildman–Crippen LogP) is 0.173. The van der Waals surface area contributed by atoms with E-state index in [-0.39, 0.29) is 0 Å². The van der Waals surface area contributed by atoms with Gasteiger partial charge in [0.1, 0.15) is 5.82 Å². The lowest BCUT2D eigenvalue weighted by Crippen LogP contribution is -2.10. The first-order valence-electron chi connectivity index (χ1n) is 4.27. The Morgan fingerprint density at radius 3 is 2.50 bits per heavy atom. The van der Waals surface area contributed by atoms with Crippen LogP contribution in [-0.4, -0.2) is 36.2 Å². The van der Waals surface area contributed by atoms with Crippen LogP contribution in [-0.2, 0) is 0 Å². The molecule has 1 aromatic rings. The van der Waals surface area contributed by atoms with Crippen LogP contribution in [0.2, 0.25) is 0 Å². The molecule has 0 amide bonds. The molecule has 0 aliphatic heterocycles. The van der Waals surface area contributed by atoms with Crippen LogP contribution in [0.4, 0.5) is 5.82 Å². The quantitative estimate of drug-likeness (QED) is 0.670. The molecule has 1 heterocycles. The van der Waals surface area contributed by atoms with Crippen LogP contribution >= 0.6 is 0 Å². The molecule has 0 saturated carbocycles. The van der Waals surface area contributed by atoms with E-state index in [2.05, 4.69) is 4.98 Å². The summed E-state index contributed by atoms with van der Waals surface area (Å²) in [6.07, 6.45) is 3.28. The lowest BCUT2D eigenvalue weighted by Gasteiger charge is -2.10. The van der Waals surface area contributed by atoms with Gasteiger partial charge in [0.2, 0.25) is 0 Å². The maximum absolute atomic E-state index is 8.60. The second-order valence-corrected chi connectivity index (χ2v) is 3.12. The lowest BCUT2D eigenvalue weighted by molar-refractivity contribution is 0.424. The molecule has 1 rings (SSSR count). The smallest absolute Gasteiger partial charge is 0.424 e. The first-order valence-corrected chi connectivity index (χ1v) is 4.27. The molecule has 74 valence electrons. The summed E-state index contributed by atoms with van der Waals surface area (Å²) in [7, 11) is 2.41. The molecule has 0 unspecified atom stereocenters. The molecule has 0 aromatic carbocycles. The van der Waals surface area contributed by atoms with Gasteiger partial charge in [-0.1, -0.05) is 12.1 Å². The fraction of sp³-hybridized carbons (Fsp3) is 0.222. The topological polar surface area (TPSA) is 56.6 Å². The summed E-state index contributed by atoms with van der Waals surface area (Å²) in [6, 6.07) is 3.73. The second-order valence-electron chi connectivity index (χ2n) is 3.12. The summed E-state index contributed by atoms with van der Waals surface area (Å²) >= 11 is 0. The van der Waals surface area contributed by atoms with Crippen molar-refractivity contribution in [1.29, 1.82) is 0 Å². The molecule has 0 spiro atoms. The van der Waals surface area contributed by atoms with E-state index in [1.54, 1.807) is 12.3 Å². The molecule has 0 radical (unpaired) electrons. The molecule has 0 saturated heterocycles. The Kier molecular flexibility index (Phi) is 3.68. The van der Waals surface area contributed by atoms with Gasteiger partial charge in [-0.25, -0.2) is 4.98 Å². The van der Waals surface area contributed by atoms with E-state index in [9.17, 15) is 0 Å². The van der Waals surface area contributed by atoms with E-state index in [1.807, 2.05) is 31.1 Å². The number of hydrogen-bond acceptors (Lipinski definition) is 4. The van der Waals surface area contributed by atoms with Gasteiger partial charge >= 0.3 is 7.12 Å². The van der Waals surface area contributed by atoms with Crippen molar-refractivity contribution in [3.05, 3.63) is 29.9 Å². The van der Waals surface area contributed by atoms with Crippen molar-refractivity contribution in [2.24, 2.45) is 0 Å². The molecule has 0 aliphatic rings. The van der Waals surface area contributed by atoms with Gasteiger partial charge in [0.25, 0.3) is 0 Å². The van der Waals surface area contributed by atoms with Gasteiger partial charge in [-0.2, -0.15) is 0 Å². The van der Waals surface area contributed by atoms with Crippen LogP contribution < -0.4 is 4.90 Å². The average molecular weight is 192 g/mol. The standard InChI is InChI=1S/C9H13BN2O2/c1-12(2)9-4-3-8(7-11-9)5-6-10(13)14/h3-7,13-14H,1-2H3/b6-5+. The molecule has 0 fully saturated rings. The van der Waals surface area contributed by atoms with Crippen molar-refractivity contribution in [2.75, 3.05) is 19.0 Å². The molecule has 4 nitrogen and oxygen atoms in total. The molecular formula is C9H13BN2O2. The summed E-state index contributed by atoms with van der Waals surface area (Å²) in [5.41, 5.74) is 0.837. The van der Waals surface area contributed by atoms with Gasteiger partial charge < -0.3 is 14.9 Å². The Labute approximate surface area is 83.7 Å². The second kappa shape index (κ2) is 4.78. The Bertz CT molecular complexity index is 309. The molecule has 0 bridgehead atoms. The average Bonchev–Trinajstić information content (AvgIpc) is 2.15. The third-order valence-electron chi connectivity index (χ3n) is 1.69. The van der Waals surface area contributed by atoms with Crippen LogP contribution in [0.15, 0.2) is 24.3 Å². The van der Waals surface area contributed by atoms with Crippen LogP contribution in [0.1, 0.15) is 5.56 Å². The number of hydrogen-bond donors (Lipinski definition) is 2. The van der Waals surface area contributed by atoms with Gasteiger partial charge in [0, 0.05) is 20.3 Å². The predicted molar refractivity (Wildman–Crippen MR) is 57.8 cm³/mol. The Hall–Kier alpha value is -1.33. The third kappa shape index (κ3) is 3.20. The van der Waals surface area contributed by atoms with Crippen molar-refractivity contribution in [1.82, 2.24) is 4.98 Å². The number of aromatic nitrogens is 1. The summed E-state index contributed by atoms with van der Waals surface area (Å²) in [4.78, 5) is 6.06. The van der Waals surface area contributed by atoms with Crippen LogP contribution in [0.25, 0.3) is 6.08 Å². The molecule has 5 heteroatoms. The van der Waals surface area contributed by atoms with Crippen molar-refractivity contribution in [3.8, 4) is 0 Å². The summed E-state index contributed by atoms with van der Waals surface area (Å²) in [6.45, 7) is 0. The largest absolute Gasteiger partial charge is 0.480 e. The zero-order valence-corrected chi connectivity index (χ0v) is 8.25. The molecular weight excluding hydrogens is 179 g/mol. The fourth-order valence-corrected chi connectivity index (χ4v) is 0.958. The fourth-order valence-electron chi connectivity index (χ4n) is 0.958. The number of anilines is 1. The van der Waals surface area contributed by atoms with E-state index < -0.39 is 7.12 Å². The molecule has 14 heavy (non-hydrogen) atoms. The first-order chi connectivity index (χ1) is 6.59. The maximum atomic E-state index is 8.60. The van der Waals surface area contributed by atoms with Gasteiger partial charge in [0.05, 0.1) is 0 Å². The minimum atomic E-state index is -1.41. The highest BCUT2D eigenvalue weighted by Crippen LogP contribution is 2.08. The Balaban J connectivity index is 2.73. The van der Waals surface area contributed by atoms with Crippen molar-refractivity contribution in [3.63, 3.8) is 0 Å². The van der Waals surface area contributed by atoms with E-state index in [0.29, 0.717) is 0 Å². The maximum Gasteiger partial charge on any atom is 0.480 e. The number of nitrogens with zero attached hydrogens (tertiary/aromatic N) is 2. The van der Waals surface area contributed by atoms with Gasteiger partial charge in [0.15, 0.2) is 0 Å². The zero-order chi connectivity index (χ0) is 10.6. The zero-order valence-electron chi connectivity index (χ0n) is 8.25.